The molecule has 5 heteroatoms. The topological polar surface area (TPSA) is 18.5 Å². The van der Waals surface area contributed by atoms with Crippen LogP contribution >= 0.6 is 23.2 Å². The summed E-state index contributed by atoms with van der Waals surface area (Å²) < 4.78 is 11.9. The number of benzene rings is 1. The number of hydrogen-bond donors (Lipinski definition) is 0. The first-order valence-electron chi connectivity index (χ1n) is 6.14. The Hall–Kier alpha value is -0.475. The van der Waals surface area contributed by atoms with Crippen LogP contribution in [-0.4, -0.2) is 18.3 Å². The second-order valence-electron chi connectivity index (χ2n) is 5.71. The molecule has 0 atom stereocenters. The zero-order valence-electron chi connectivity index (χ0n) is 11.6. The molecule has 1 saturated heterocycles. The summed E-state index contributed by atoms with van der Waals surface area (Å²) in [4.78, 5) is 0. The van der Waals surface area contributed by atoms with Crippen molar-refractivity contribution in [3.05, 3.63) is 40.4 Å². The van der Waals surface area contributed by atoms with Gasteiger partial charge in [0.15, 0.2) is 0 Å². The van der Waals surface area contributed by atoms with E-state index in [0.717, 1.165) is 5.56 Å². The van der Waals surface area contributed by atoms with Gasteiger partial charge in [-0.05, 0) is 44.8 Å². The highest BCUT2D eigenvalue weighted by molar-refractivity contribution is 6.69. The van der Waals surface area contributed by atoms with Crippen molar-refractivity contribution >= 4 is 35.8 Å². The summed E-state index contributed by atoms with van der Waals surface area (Å²) in [7, 11) is -0.513. The van der Waals surface area contributed by atoms with E-state index in [1.807, 2.05) is 39.8 Å². The Balaban J connectivity index is 2.30. The first-order valence-corrected chi connectivity index (χ1v) is 6.90. The third kappa shape index (κ3) is 2.57. The van der Waals surface area contributed by atoms with E-state index in [1.54, 1.807) is 6.07 Å². The van der Waals surface area contributed by atoms with Gasteiger partial charge in [0.25, 0.3) is 0 Å². The molecular formula is C14H17BCl2O2. The van der Waals surface area contributed by atoms with Gasteiger partial charge in [0.2, 0.25) is 0 Å². The Labute approximate surface area is 124 Å². The molecule has 0 aliphatic carbocycles. The molecule has 102 valence electrons. The highest BCUT2D eigenvalue weighted by Gasteiger charge is 2.52. The Kier molecular flexibility index (Phi) is 3.78. The van der Waals surface area contributed by atoms with Crippen molar-refractivity contribution < 1.29 is 9.31 Å². The zero-order valence-corrected chi connectivity index (χ0v) is 13.1. The maximum absolute atomic E-state index is 6.20. The molecule has 0 saturated carbocycles. The maximum Gasteiger partial charge on any atom is 0.494 e. The van der Waals surface area contributed by atoms with Crippen molar-refractivity contribution in [3.63, 3.8) is 0 Å². The second-order valence-corrected chi connectivity index (χ2v) is 6.50. The molecular weight excluding hydrogens is 282 g/mol. The van der Waals surface area contributed by atoms with Gasteiger partial charge in [0.1, 0.15) is 0 Å². The van der Waals surface area contributed by atoms with Crippen LogP contribution in [0.25, 0.3) is 5.47 Å². The molecule has 2 nitrogen and oxygen atoms in total. The molecule has 19 heavy (non-hydrogen) atoms. The molecule has 0 aromatic heterocycles. The van der Waals surface area contributed by atoms with Crippen LogP contribution in [0.2, 0.25) is 10.0 Å². The highest BCUT2D eigenvalue weighted by Crippen LogP contribution is 2.41. The summed E-state index contributed by atoms with van der Waals surface area (Å²) in [6.07, 6.45) is 0. The van der Waals surface area contributed by atoms with Crippen molar-refractivity contribution in [3.8, 4) is 0 Å². The average Bonchev–Trinajstić information content (AvgIpc) is 2.51. The molecule has 1 fully saturated rings. The van der Waals surface area contributed by atoms with Crippen LogP contribution in [0.15, 0.2) is 24.8 Å². The lowest BCUT2D eigenvalue weighted by Gasteiger charge is -2.32. The lowest BCUT2D eigenvalue weighted by molar-refractivity contribution is 0.00578. The molecule has 2 rings (SSSR count). The van der Waals surface area contributed by atoms with Crippen LogP contribution in [0, 0.1) is 0 Å². The Bertz CT molecular complexity index is 510. The van der Waals surface area contributed by atoms with E-state index in [0.29, 0.717) is 15.5 Å². The molecule has 0 bridgehead atoms. The minimum Gasteiger partial charge on any atom is -0.399 e. The number of halogens is 2. The Morgan fingerprint density at radius 1 is 1.11 bits per heavy atom. The molecule has 1 aromatic rings. The van der Waals surface area contributed by atoms with Crippen molar-refractivity contribution in [2.75, 3.05) is 0 Å². The Morgan fingerprint density at radius 3 is 2.16 bits per heavy atom. The van der Waals surface area contributed by atoms with Crippen molar-refractivity contribution in [1.82, 2.24) is 0 Å². The molecule has 1 aliphatic rings. The van der Waals surface area contributed by atoms with Gasteiger partial charge < -0.3 is 9.31 Å². The zero-order chi connectivity index (χ0) is 14.4. The van der Waals surface area contributed by atoms with Gasteiger partial charge in [-0.15, -0.1) is 0 Å². The predicted molar refractivity (Wildman–Crippen MR) is 81.6 cm³/mol. The van der Waals surface area contributed by atoms with Gasteiger partial charge in [-0.2, -0.15) is 0 Å². The minimum atomic E-state index is -0.513. The van der Waals surface area contributed by atoms with Crippen molar-refractivity contribution in [1.29, 1.82) is 0 Å². The molecule has 1 aromatic carbocycles. The van der Waals surface area contributed by atoms with Gasteiger partial charge in [0, 0.05) is 0 Å². The van der Waals surface area contributed by atoms with Crippen LogP contribution in [0.5, 0.6) is 0 Å². The van der Waals surface area contributed by atoms with E-state index in [9.17, 15) is 0 Å². The fraction of sp³-hybridized carbons (Fsp3) is 0.429. The summed E-state index contributed by atoms with van der Waals surface area (Å²) in [6.45, 7) is 12.0. The van der Waals surface area contributed by atoms with E-state index in [1.165, 1.54) is 0 Å². The van der Waals surface area contributed by atoms with Crippen LogP contribution in [0.1, 0.15) is 33.3 Å². The predicted octanol–water partition coefficient (Wildman–Crippen LogP) is 4.64. The smallest absolute Gasteiger partial charge is 0.399 e. The Morgan fingerprint density at radius 2 is 1.63 bits per heavy atom. The number of rotatable bonds is 2. The standard InChI is InChI=1S/C14H17BCl2O2/c1-9(10-7-6-8-11(16)12(10)17)15-18-13(2,3)14(4,5)19-15/h6-8H,1H2,2-5H3. The minimum absolute atomic E-state index is 0.397. The molecule has 0 radical (unpaired) electrons. The van der Waals surface area contributed by atoms with E-state index >= 15 is 0 Å². The second kappa shape index (κ2) is 4.82. The van der Waals surface area contributed by atoms with Crippen molar-refractivity contribution in [2.45, 2.75) is 38.9 Å². The van der Waals surface area contributed by atoms with Gasteiger partial charge in [-0.3, -0.25) is 0 Å². The van der Waals surface area contributed by atoms with Crippen molar-refractivity contribution in [2.24, 2.45) is 0 Å². The van der Waals surface area contributed by atoms with Crippen LogP contribution in [-0.2, 0) is 9.31 Å². The molecule has 1 aliphatic heterocycles. The monoisotopic (exact) mass is 298 g/mol. The molecule has 1 heterocycles. The average molecular weight is 299 g/mol. The summed E-state index contributed by atoms with van der Waals surface area (Å²) in [5, 5.41) is 0.973. The maximum atomic E-state index is 6.20. The first kappa shape index (κ1) is 14.9. The summed E-state index contributed by atoms with van der Waals surface area (Å²) in [6, 6.07) is 5.44. The molecule has 0 spiro atoms. The van der Waals surface area contributed by atoms with Gasteiger partial charge >= 0.3 is 7.12 Å². The third-order valence-corrected chi connectivity index (χ3v) is 4.65. The lowest BCUT2D eigenvalue weighted by atomic mass is 9.75. The quantitative estimate of drug-likeness (QED) is 0.741. The van der Waals surface area contributed by atoms with Crippen LogP contribution < -0.4 is 0 Å². The summed E-state index contributed by atoms with van der Waals surface area (Å²) in [5.41, 5.74) is 0.649. The molecule has 0 amide bonds. The van der Waals surface area contributed by atoms with Gasteiger partial charge in [-0.25, -0.2) is 0 Å². The van der Waals surface area contributed by atoms with Gasteiger partial charge in [0.05, 0.1) is 21.2 Å². The van der Waals surface area contributed by atoms with E-state index in [2.05, 4.69) is 6.58 Å². The normalized spacial score (nSPS) is 20.6. The highest BCUT2D eigenvalue weighted by atomic mass is 35.5. The van der Waals surface area contributed by atoms with Gasteiger partial charge in [-0.1, -0.05) is 41.9 Å². The fourth-order valence-corrected chi connectivity index (χ4v) is 2.29. The fourth-order valence-electron chi connectivity index (χ4n) is 1.86. The van der Waals surface area contributed by atoms with E-state index in [-0.39, 0.29) is 0 Å². The SMILES string of the molecule is C=C(B1OC(C)(C)C(C)(C)O1)c1cccc(Cl)c1Cl. The van der Waals surface area contributed by atoms with E-state index in [4.69, 9.17) is 32.5 Å². The number of hydrogen-bond acceptors (Lipinski definition) is 2. The van der Waals surface area contributed by atoms with Crippen LogP contribution in [0.4, 0.5) is 0 Å². The third-order valence-electron chi connectivity index (χ3n) is 3.84. The lowest BCUT2D eigenvalue weighted by Crippen LogP contribution is -2.41. The van der Waals surface area contributed by atoms with Crippen LogP contribution in [0.3, 0.4) is 0 Å². The summed E-state index contributed by atoms with van der Waals surface area (Å²) >= 11 is 12.2. The largest absolute Gasteiger partial charge is 0.494 e. The first-order chi connectivity index (χ1) is 8.66. The molecule has 0 N–H and O–H groups in total. The summed E-state index contributed by atoms with van der Waals surface area (Å²) in [5.74, 6) is 0. The van der Waals surface area contributed by atoms with E-state index < -0.39 is 18.3 Å². The molecule has 0 unspecified atom stereocenters.